The third-order valence-corrected chi connectivity index (χ3v) is 19.4. The van der Waals surface area contributed by atoms with Gasteiger partial charge in [0.25, 0.3) is 0 Å². The van der Waals surface area contributed by atoms with Crippen molar-refractivity contribution in [2.45, 2.75) is 39.3 Å². The van der Waals surface area contributed by atoms with Gasteiger partial charge in [-0.2, -0.15) is 0 Å². The second-order valence-electron chi connectivity index (χ2n) is 21.5. The van der Waals surface area contributed by atoms with Gasteiger partial charge in [0.1, 0.15) is 0 Å². The molecule has 0 aliphatic carbocycles. The van der Waals surface area contributed by atoms with Gasteiger partial charge in [0, 0.05) is 0 Å². The Balaban J connectivity index is 1.24. The molecular formula is C68H54Si2. The Morgan fingerprint density at radius 2 is 0.443 bits per heavy atom. The molecule has 0 radical (unpaired) electrons. The molecule has 0 saturated heterocycles. The van der Waals surface area contributed by atoms with Crippen molar-refractivity contribution >= 4 is 113 Å². The summed E-state index contributed by atoms with van der Waals surface area (Å²) >= 11 is 0. The van der Waals surface area contributed by atoms with Crippen LogP contribution in [0.1, 0.15) is 0 Å². The molecule has 0 fully saturated rings. The highest BCUT2D eigenvalue weighted by molar-refractivity contribution is 6.89. The monoisotopic (exact) mass is 926 g/mol. The Bertz CT molecular complexity index is 3910. The van der Waals surface area contributed by atoms with Crippen LogP contribution >= 0.6 is 0 Å². The van der Waals surface area contributed by atoms with Gasteiger partial charge in [0.15, 0.2) is 0 Å². The van der Waals surface area contributed by atoms with Gasteiger partial charge in [-0.25, -0.2) is 0 Å². The molecule has 0 aliphatic heterocycles. The number of rotatable bonds is 6. The van der Waals surface area contributed by atoms with E-state index in [9.17, 15) is 0 Å². The molecule has 13 aromatic rings. The highest BCUT2D eigenvalue weighted by atomic mass is 28.3. The third-order valence-electron chi connectivity index (χ3n) is 15.3. The van der Waals surface area contributed by atoms with Crippen LogP contribution in [0, 0.1) is 0 Å². The van der Waals surface area contributed by atoms with Gasteiger partial charge in [-0.05, 0) is 131 Å². The lowest BCUT2D eigenvalue weighted by Crippen LogP contribution is -2.37. The Morgan fingerprint density at radius 3 is 0.757 bits per heavy atom. The van der Waals surface area contributed by atoms with E-state index in [1.54, 1.807) is 0 Å². The second-order valence-corrected chi connectivity index (χ2v) is 31.7. The molecule has 0 atom stereocenters. The fourth-order valence-electron chi connectivity index (χ4n) is 12.0. The molecule has 70 heavy (non-hydrogen) atoms. The van der Waals surface area contributed by atoms with Crippen molar-refractivity contribution in [3.05, 3.63) is 218 Å². The van der Waals surface area contributed by atoms with Crippen molar-refractivity contribution in [1.82, 2.24) is 0 Å². The number of hydrogen-bond acceptors (Lipinski definition) is 0. The van der Waals surface area contributed by atoms with Crippen molar-refractivity contribution in [3.8, 4) is 44.5 Å². The maximum atomic E-state index is 2.61. The van der Waals surface area contributed by atoms with E-state index in [1.807, 2.05) is 0 Å². The zero-order valence-electron chi connectivity index (χ0n) is 40.8. The first kappa shape index (κ1) is 42.5. The van der Waals surface area contributed by atoms with Gasteiger partial charge in [-0.1, -0.05) is 268 Å². The standard InChI is InChI=1S/C68H54Si2/c1-69(2,3)45-37-39-59-61(41-45)67(65-55-31-15-11-27-51(55)63(52-28-12-16-32-56(52)65)49-35-19-23-43-21-7-9-25-47(43)49)60-40-38-46(70(4,5)6)42-62(60)68(59)66-57-33-17-13-29-53(57)64(54-30-14-18-34-58(54)66)50-36-20-24-44-22-8-10-26-48(44)50/h7-42H,1-6H3. The van der Waals surface area contributed by atoms with Crippen LogP contribution in [0.15, 0.2) is 218 Å². The number of fused-ring (bicyclic) bond motifs is 8. The van der Waals surface area contributed by atoms with Crippen LogP contribution in [0.25, 0.3) is 131 Å². The summed E-state index contributed by atoms with van der Waals surface area (Å²) in [5.41, 5.74) is 10.4. The average molecular weight is 927 g/mol. The molecule has 0 nitrogen and oxygen atoms in total. The largest absolute Gasteiger partial charge is 0.0776 e. The molecule has 0 unspecified atom stereocenters. The quantitative estimate of drug-likeness (QED) is 0.115. The zero-order chi connectivity index (χ0) is 47.5. The van der Waals surface area contributed by atoms with E-state index in [2.05, 4.69) is 258 Å². The van der Waals surface area contributed by atoms with Crippen LogP contribution < -0.4 is 10.4 Å². The predicted molar refractivity (Wildman–Crippen MR) is 314 cm³/mol. The number of hydrogen-bond donors (Lipinski definition) is 0. The lowest BCUT2D eigenvalue weighted by Gasteiger charge is -2.27. The molecule has 0 heterocycles. The van der Waals surface area contributed by atoms with Crippen molar-refractivity contribution in [3.63, 3.8) is 0 Å². The van der Waals surface area contributed by atoms with Crippen LogP contribution in [0.3, 0.4) is 0 Å². The van der Waals surface area contributed by atoms with Crippen molar-refractivity contribution in [2.75, 3.05) is 0 Å². The summed E-state index contributed by atoms with van der Waals surface area (Å²) < 4.78 is 0. The highest BCUT2D eigenvalue weighted by Crippen LogP contribution is 2.53. The molecule has 2 heteroatoms. The van der Waals surface area contributed by atoms with Crippen molar-refractivity contribution in [2.24, 2.45) is 0 Å². The van der Waals surface area contributed by atoms with Gasteiger partial charge in [0.05, 0.1) is 16.1 Å². The molecule has 334 valence electrons. The molecule has 13 aromatic carbocycles. The van der Waals surface area contributed by atoms with Gasteiger partial charge in [0.2, 0.25) is 0 Å². The van der Waals surface area contributed by atoms with Crippen LogP contribution in [-0.2, 0) is 0 Å². The molecule has 0 saturated carbocycles. The minimum Gasteiger partial charge on any atom is -0.0656 e. The fraction of sp³-hybridized carbons (Fsp3) is 0.0882. The van der Waals surface area contributed by atoms with Crippen LogP contribution in [0.4, 0.5) is 0 Å². The molecule has 13 rings (SSSR count). The third kappa shape index (κ3) is 6.54. The van der Waals surface area contributed by atoms with Crippen LogP contribution in [0.5, 0.6) is 0 Å². The molecular weight excluding hydrogens is 873 g/mol. The van der Waals surface area contributed by atoms with E-state index in [4.69, 9.17) is 0 Å². The fourth-order valence-corrected chi connectivity index (χ4v) is 14.3. The normalized spacial score (nSPS) is 12.4. The molecule has 0 amide bonds. The Labute approximate surface area is 412 Å². The summed E-state index contributed by atoms with van der Waals surface area (Å²) in [6.07, 6.45) is 0. The summed E-state index contributed by atoms with van der Waals surface area (Å²) in [5.74, 6) is 0. The summed E-state index contributed by atoms with van der Waals surface area (Å²) in [5, 5.41) is 23.5. The summed E-state index contributed by atoms with van der Waals surface area (Å²) in [6, 6.07) is 83.5. The Kier molecular flexibility index (Phi) is 9.69. The van der Waals surface area contributed by atoms with Gasteiger partial charge >= 0.3 is 0 Å². The Morgan fingerprint density at radius 1 is 0.200 bits per heavy atom. The van der Waals surface area contributed by atoms with Crippen LogP contribution in [0.2, 0.25) is 39.3 Å². The summed E-state index contributed by atoms with van der Waals surface area (Å²) in [4.78, 5) is 0. The zero-order valence-corrected chi connectivity index (χ0v) is 42.8. The first-order chi connectivity index (χ1) is 34.0. The lowest BCUT2D eigenvalue weighted by molar-refractivity contribution is 1.68. The summed E-state index contributed by atoms with van der Waals surface area (Å²) in [6.45, 7) is 15.0. The summed E-state index contributed by atoms with van der Waals surface area (Å²) in [7, 11) is -3.62. The van der Waals surface area contributed by atoms with E-state index in [0.717, 1.165) is 0 Å². The van der Waals surface area contributed by atoms with Gasteiger partial charge < -0.3 is 0 Å². The second kappa shape index (κ2) is 16.0. The van der Waals surface area contributed by atoms with Gasteiger partial charge in [-0.3, -0.25) is 0 Å². The molecule has 0 aliphatic rings. The maximum absolute atomic E-state index is 2.61. The SMILES string of the molecule is C[Si](C)(C)c1ccc2c(-c3c4ccccc4c(-c4cccc5ccccc45)c4ccccc34)c3cc([Si](C)(C)C)ccc3c(-c3c4ccccc4c(-c4cccc5ccccc45)c4ccccc34)c2c1. The maximum Gasteiger partial charge on any atom is 0.0776 e. The first-order valence-corrected chi connectivity index (χ1v) is 31.9. The predicted octanol–water partition coefficient (Wildman–Crippen LogP) is 18.7. The van der Waals surface area contributed by atoms with E-state index < -0.39 is 16.1 Å². The molecule has 0 N–H and O–H groups in total. The number of benzene rings is 13. The molecule has 0 spiro atoms. The van der Waals surface area contributed by atoms with Gasteiger partial charge in [-0.15, -0.1) is 0 Å². The highest BCUT2D eigenvalue weighted by Gasteiger charge is 2.28. The minimum atomic E-state index is -1.81. The van der Waals surface area contributed by atoms with E-state index in [0.29, 0.717) is 0 Å². The molecule has 0 aromatic heterocycles. The lowest BCUT2D eigenvalue weighted by atomic mass is 9.78. The minimum absolute atomic E-state index is 1.26. The molecule has 0 bridgehead atoms. The van der Waals surface area contributed by atoms with E-state index in [-0.39, 0.29) is 0 Å². The Hall–Kier alpha value is -7.63. The van der Waals surface area contributed by atoms with Crippen molar-refractivity contribution in [1.29, 1.82) is 0 Å². The smallest absolute Gasteiger partial charge is 0.0656 e. The van der Waals surface area contributed by atoms with E-state index in [1.165, 1.54) is 141 Å². The van der Waals surface area contributed by atoms with Crippen molar-refractivity contribution < 1.29 is 0 Å². The first-order valence-electron chi connectivity index (χ1n) is 24.9. The average Bonchev–Trinajstić information content (AvgIpc) is 3.38. The van der Waals surface area contributed by atoms with E-state index >= 15 is 0 Å². The topological polar surface area (TPSA) is 0 Å². The van der Waals surface area contributed by atoms with Crippen LogP contribution in [-0.4, -0.2) is 16.1 Å².